The molecule has 3 nitrogen and oxygen atoms in total. The monoisotopic (exact) mass is 161 g/mol. The third-order valence-electron chi connectivity index (χ3n) is 1.70. The van der Waals surface area contributed by atoms with Gasteiger partial charge in [0.05, 0.1) is 5.52 Å². The largest absolute Gasteiger partial charge is 0.508 e. The zero-order valence-corrected chi connectivity index (χ0v) is 6.27. The highest BCUT2D eigenvalue weighted by molar-refractivity contribution is 5.49. The molecule has 1 N–H and O–H groups in total. The van der Waals surface area contributed by atoms with Crippen LogP contribution in [0.5, 0.6) is 5.75 Å². The smallest absolute Gasteiger partial charge is 0.258 e. The van der Waals surface area contributed by atoms with E-state index in [0.717, 1.165) is 0 Å². The summed E-state index contributed by atoms with van der Waals surface area (Å²) in [6.45, 7) is 0. The van der Waals surface area contributed by atoms with E-state index < -0.39 is 0 Å². The van der Waals surface area contributed by atoms with Gasteiger partial charge in [-0.2, -0.15) is 0 Å². The highest BCUT2D eigenvalue weighted by atomic mass is 16.3. The summed E-state index contributed by atoms with van der Waals surface area (Å²) in [5, 5.41) is 9.10. The molecule has 2 heterocycles. The maximum atomic E-state index is 11.2. The Hall–Kier alpha value is -1.77. The molecule has 0 aromatic carbocycles. The molecule has 0 unspecified atom stereocenters. The Balaban J connectivity index is 2.99. The number of nitrogens with zero attached hydrogens (tertiary/aromatic N) is 1. The average Bonchev–Trinajstić information content (AvgIpc) is 2.04. The van der Waals surface area contributed by atoms with Crippen LogP contribution in [0.4, 0.5) is 0 Å². The first-order chi connectivity index (χ1) is 5.77. The molecule has 0 aliphatic carbocycles. The first-order valence-electron chi connectivity index (χ1n) is 3.58. The van der Waals surface area contributed by atoms with Crippen molar-refractivity contribution in [1.82, 2.24) is 4.40 Å². The lowest BCUT2D eigenvalue weighted by molar-refractivity contribution is 0.474. The Bertz CT molecular complexity index is 473. The summed E-state index contributed by atoms with van der Waals surface area (Å²) in [6, 6.07) is 8.08. The lowest BCUT2D eigenvalue weighted by Gasteiger charge is -1.98. The Morgan fingerprint density at radius 3 is 2.92 bits per heavy atom. The second kappa shape index (κ2) is 2.37. The molecule has 0 saturated carbocycles. The van der Waals surface area contributed by atoms with Gasteiger partial charge in [0.2, 0.25) is 0 Å². The summed E-state index contributed by atoms with van der Waals surface area (Å²) in [5.74, 6) is 0.00574. The van der Waals surface area contributed by atoms with E-state index >= 15 is 0 Å². The van der Waals surface area contributed by atoms with Gasteiger partial charge in [-0.3, -0.25) is 9.20 Å². The van der Waals surface area contributed by atoms with Gasteiger partial charge < -0.3 is 5.11 Å². The van der Waals surface area contributed by atoms with Crippen LogP contribution < -0.4 is 5.56 Å². The Labute approximate surface area is 68.5 Å². The SMILES string of the molecule is O=c1cc(O)cc2ccccn12. The lowest BCUT2D eigenvalue weighted by atomic mass is 10.3. The molecule has 0 aliphatic heterocycles. The number of pyridine rings is 2. The predicted octanol–water partition coefficient (Wildman–Crippen LogP) is 1.01. The minimum Gasteiger partial charge on any atom is -0.508 e. The zero-order chi connectivity index (χ0) is 8.55. The molecule has 0 radical (unpaired) electrons. The highest BCUT2D eigenvalue weighted by Crippen LogP contribution is 2.08. The van der Waals surface area contributed by atoms with Crippen molar-refractivity contribution in [2.75, 3.05) is 0 Å². The first kappa shape index (κ1) is 6.91. The van der Waals surface area contributed by atoms with Crippen molar-refractivity contribution in [3.8, 4) is 5.75 Å². The van der Waals surface area contributed by atoms with Crippen LogP contribution in [-0.2, 0) is 0 Å². The van der Waals surface area contributed by atoms with E-state index in [0.29, 0.717) is 5.52 Å². The van der Waals surface area contributed by atoms with Crippen molar-refractivity contribution in [2.45, 2.75) is 0 Å². The second-order valence-electron chi connectivity index (χ2n) is 2.55. The molecule has 12 heavy (non-hydrogen) atoms. The number of hydrogen-bond donors (Lipinski definition) is 1. The molecular formula is C9H7NO2. The van der Waals surface area contributed by atoms with Crippen LogP contribution in [0.1, 0.15) is 0 Å². The molecule has 2 rings (SSSR count). The van der Waals surface area contributed by atoms with Gasteiger partial charge in [0.15, 0.2) is 0 Å². The van der Waals surface area contributed by atoms with E-state index in [9.17, 15) is 4.79 Å². The molecule has 0 aliphatic rings. The summed E-state index contributed by atoms with van der Waals surface area (Å²) in [7, 11) is 0. The topological polar surface area (TPSA) is 41.7 Å². The summed E-state index contributed by atoms with van der Waals surface area (Å²) >= 11 is 0. The van der Waals surface area contributed by atoms with Crippen LogP contribution in [0.15, 0.2) is 41.3 Å². The molecule has 0 fully saturated rings. The van der Waals surface area contributed by atoms with Crippen molar-refractivity contribution in [3.05, 3.63) is 46.9 Å². The number of aromatic hydroxyl groups is 1. The van der Waals surface area contributed by atoms with Crippen molar-refractivity contribution < 1.29 is 5.11 Å². The molecule has 0 spiro atoms. The van der Waals surface area contributed by atoms with Crippen molar-refractivity contribution in [3.63, 3.8) is 0 Å². The van der Waals surface area contributed by atoms with Gasteiger partial charge in [-0.25, -0.2) is 0 Å². The van der Waals surface area contributed by atoms with Gasteiger partial charge in [0.1, 0.15) is 5.75 Å². The quantitative estimate of drug-likeness (QED) is 0.626. The summed E-state index contributed by atoms with van der Waals surface area (Å²) in [5.41, 5.74) is 0.480. The van der Waals surface area contributed by atoms with Gasteiger partial charge >= 0.3 is 0 Å². The molecule has 0 atom stereocenters. The number of aromatic nitrogens is 1. The minimum absolute atomic E-state index is 0.00574. The van der Waals surface area contributed by atoms with Crippen LogP contribution in [0, 0.1) is 0 Å². The fourth-order valence-electron chi connectivity index (χ4n) is 1.16. The molecule has 60 valence electrons. The number of hydrogen-bond acceptors (Lipinski definition) is 2. The average molecular weight is 161 g/mol. The van der Waals surface area contributed by atoms with Crippen LogP contribution >= 0.6 is 0 Å². The van der Waals surface area contributed by atoms with Crippen LogP contribution in [0.2, 0.25) is 0 Å². The second-order valence-corrected chi connectivity index (χ2v) is 2.55. The molecule has 2 aromatic heterocycles. The number of rotatable bonds is 0. The van der Waals surface area contributed by atoms with E-state index in [-0.39, 0.29) is 11.3 Å². The van der Waals surface area contributed by atoms with Gasteiger partial charge in [-0.15, -0.1) is 0 Å². The summed E-state index contributed by atoms with van der Waals surface area (Å²) in [6.07, 6.45) is 1.66. The van der Waals surface area contributed by atoms with Gasteiger partial charge in [-0.05, 0) is 12.1 Å². The third kappa shape index (κ3) is 0.955. The van der Waals surface area contributed by atoms with E-state index in [1.807, 2.05) is 6.07 Å². The van der Waals surface area contributed by atoms with Crippen molar-refractivity contribution in [1.29, 1.82) is 0 Å². The summed E-state index contributed by atoms with van der Waals surface area (Å²) in [4.78, 5) is 11.2. The fourth-order valence-corrected chi connectivity index (χ4v) is 1.16. The van der Waals surface area contributed by atoms with Crippen LogP contribution in [0.25, 0.3) is 5.52 Å². The minimum atomic E-state index is -0.217. The third-order valence-corrected chi connectivity index (χ3v) is 1.70. The highest BCUT2D eigenvalue weighted by Gasteiger charge is 1.95. The molecule has 2 aromatic rings. The van der Waals surface area contributed by atoms with Gasteiger partial charge in [-0.1, -0.05) is 6.07 Å². The zero-order valence-electron chi connectivity index (χ0n) is 6.27. The van der Waals surface area contributed by atoms with E-state index in [2.05, 4.69) is 0 Å². The Kier molecular flexibility index (Phi) is 1.37. The van der Waals surface area contributed by atoms with E-state index in [1.165, 1.54) is 10.5 Å². The maximum Gasteiger partial charge on any atom is 0.258 e. The Morgan fingerprint density at radius 1 is 1.25 bits per heavy atom. The van der Waals surface area contributed by atoms with Crippen LogP contribution in [0.3, 0.4) is 0 Å². The molecule has 0 saturated heterocycles. The number of fused-ring (bicyclic) bond motifs is 1. The molecule has 0 amide bonds. The normalized spacial score (nSPS) is 10.3. The fraction of sp³-hybridized carbons (Fsp3) is 0. The van der Waals surface area contributed by atoms with E-state index in [1.54, 1.807) is 24.4 Å². The first-order valence-corrected chi connectivity index (χ1v) is 3.58. The van der Waals surface area contributed by atoms with Crippen LogP contribution in [-0.4, -0.2) is 9.51 Å². The lowest BCUT2D eigenvalue weighted by Crippen LogP contribution is -2.10. The van der Waals surface area contributed by atoms with Gasteiger partial charge in [0, 0.05) is 18.3 Å². The van der Waals surface area contributed by atoms with E-state index in [4.69, 9.17) is 5.11 Å². The predicted molar refractivity (Wildman–Crippen MR) is 45.3 cm³/mol. The summed E-state index contributed by atoms with van der Waals surface area (Å²) < 4.78 is 1.47. The molecule has 0 bridgehead atoms. The van der Waals surface area contributed by atoms with Crippen molar-refractivity contribution in [2.24, 2.45) is 0 Å². The molecule has 3 heteroatoms. The maximum absolute atomic E-state index is 11.2. The van der Waals surface area contributed by atoms with Gasteiger partial charge in [0.25, 0.3) is 5.56 Å². The standard InChI is InChI=1S/C9H7NO2/c11-8-5-7-3-1-2-4-10(7)9(12)6-8/h1-6,11H. The Morgan fingerprint density at radius 2 is 2.08 bits per heavy atom. The van der Waals surface area contributed by atoms with Crippen molar-refractivity contribution >= 4 is 5.52 Å². The molecular weight excluding hydrogens is 154 g/mol.